The number of nitrogens with zero attached hydrogens (tertiary/aromatic N) is 1. The molecule has 4 aromatic rings. The summed E-state index contributed by atoms with van der Waals surface area (Å²) in [5.41, 5.74) is 3.77. The number of benzene rings is 3. The quantitative estimate of drug-likeness (QED) is 0.426. The predicted octanol–water partition coefficient (Wildman–Crippen LogP) is 5.44. The van der Waals surface area contributed by atoms with Crippen molar-refractivity contribution in [1.29, 1.82) is 0 Å². The van der Waals surface area contributed by atoms with Crippen molar-refractivity contribution in [3.8, 4) is 0 Å². The summed E-state index contributed by atoms with van der Waals surface area (Å²) in [5.74, 6) is 0.00590. The maximum absolute atomic E-state index is 13.2. The van der Waals surface area contributed by atoms with E-state index in [1.54, 1.807) is 4.57 Å². The molecule has 0 amide bonds. The third-order valence-electron chi connectivity index (χ3n) is 5.13. The second-order valence-corrected chi connectivity index (χ2v) is 6.85. The van der Waals surface area contributed by atoms with E-state index in [0.29, 0.717) is 18.4 Å². The highest BCUT2D eigenvalue weighted by Crippen LogP contribution is 2.35. The molecular formula is C25H21NO2. The van der Waals surface area contributed by atoms with Crippen LogP contribution in [0.2, 0.25) is 0 Å². The summed E-state index contributed by atoms with van der Waals surface area (Å²) < 4.78 is 1.73. The highest BCUT2D eigenvalue weighted by Gasteiger charge is 2.22. The van der Waals surface area contributed by atoms with Crippen molar-refractivity contribution in [3.05, 3.63) is 108 Å². The number of fused-ring (bicyclic) bond motifs is 1. The van der Waals surface area contributed by atoms with E-state index in [9.17, 15) is 9.59 Å². The van der Waals surface area contributed by atoms with Gasteiger partial charge in [0.2, 0.25) is 0 Å². The summed E-state index contributed by atoms with van der Waals surface area (Å²) in [6.45, 7) is 0. The Kier molecular flexibility index (Phi) is 5.16. The van der Waals surface area contributed by atoms with Crippen molar-refractivity contribution >= 4 is 23.1 Å². The summed E-state index contributed by atoms with van der Waals surface area (Å²) in [6, 6.07) is 27.5. The number of hydrogen-bond donors (Lipinski definition) is 0. The molecule has 0 N–H and O–H groups in total. The van der Waals surface area contributed by atoms with Crippen LogP contribution in [0.5, 0.6) is 0 Å². The molecule has 0 fully saturated rings. The fourth-order valence-electron chi connectivity index (χ4n) is 3.79. The molecule has 3 nitrogen and oxygen atoms in total. The van der Waals surface area contributed by atoms with Crippen LogP contribution in [0.3, 0.4) is 0 Å². The van der Waals surface area contributed by atoms with Gasteiger partial charge in [0.15, 0.2) is 0 Å². The second kappa shape index (κ2) is 8.05. The molecule has 0 aliphatic rings. The Balaban J connectivity index is 1.87. The smallest absolute Gasteiger partial charge is 0.262 e. The van der Waals surface area contributed by atoms with E-state index in [-0.39, 0.29) is 11.8 Å². The van der Waals surface area contributed by atoms with Gasteiger partial charge in [-0.1, -0.05) is 66.7 Å². The van der Waals surface area contributed by atoms with E-state index in [4.69, 9.17) is 0 Å². The van der Waals surface area contributed by atoms with E-state index in [0.717, 1.165) is 28.3 Å². The Hall–Kier alpha value is -3.46. The molecule has 1 heterocycles. The Bertz CT molecular complexity index is 1100. The van der Waals surface area contributed by atoms with Crippen molar-refractivity contribution in [2.75, 3.05) is 0 Å². The van der Waals surface area contributed by atoms with Crippen molar-refractivity contribution < 1.29 is 9.59 Å². The van der Waals surface area contributed by atoms with Crippen LogP contribution in [0.1, 0.15) is 40.2 Å². The SMILES string of the molecule is O=CCCC(c1ccccc1)c1cn(C(=O)c2ccccc2)c2ccccc12. The first-order chi connectivity index (χ1) is 13.8. The Labute approximate surface area is 164 Å². The third-order valence-corrected chi connectivity index (χ3v) is 5.13. The normalized spacial score (nSPS) is 12.0. The average Bonchev–Trinajstić information content (AvgIpc) is 3.14. The summed E-state index contributed by atoms with van der Waals surface area (Å²) in [4.78, 5) is 24.2. The fourth-order valence-corrected chi connectivity index (χ4v) is 3.79. The van der Waals surface area contributed by atoms with Gasteiger partial charge in [0, 0.05) is 29.5 Å². The molecule has 4 rings (SSSR count). The molecule has 28 heavy (non-hydrogen) atoms. The number of hydrogen-bond acceptors (Lipinski definition) is 2. The minimum Gasteiger partial charge on any atom is -0.303 e. The van der Waals surface area contributed by atoms with Gasteiger partial charge in [0.25, 0.3) is 5.91 Å². The average molecular weight is 367 g/mol. The first kappa shape index (κ1) is 17.9. The molecule has 3 heteroatoms. The maximum atomic E-state index is 13.2. The Morgan fingerprint density at radius 3 is 2.21 bits per heavy atom. The maximum Gasteiger partial charge on any atom is 0.262 e. The summed E-state index contributed by atoms with van der Waals surface area (Å²) in [7, 11) is 0. The first-order valence-electron chi connectivity index (χ1n) is 9.48. The second-order valence-electron chi connectivity index (χ2n) is 6.85. The molecule has 0 aliphatic heterocycles. The van der Waals surface area contributed by atoms with E-state index in [1.807, 2.05) is 72.9 Å². The molecule has 0 saturated carbocycles. The molecule has 0 bridgehead atoms. The van der Waals surface area contributed by atoms with Crippen molar-refractivity contribution in [2.24, 2.45) is 0 Å². The van der Waals surface area contributed by atoms with Crippen LogP contribution in [0.4, 0.5) is 0 Å². The zero-order valence-corrected chi connectivity index (χ0v) is 15.5. The number of para-hydroxylation sites is 1. The van der Waals surface area contributed by atoms with Crippen molar-refractivity contribution in [1.82, 2.24) is 4.57 Å². The summed E-state index contributed by atoms with van der Waals surface area (Å²) in [5, 5.41) is 1.05. The summed E-state index contributed by atoms with van der Waals surface area (Å²) in [6.07, 6.45) is 4.10. The molecule has 1 unspecified atom stereocenters. The number of aldehydes is 1. The standard InChI is InChI=1S/C25H21NO2/c27-17-9-15-21(19-10-3-1-4-11-19)23-18-26(24-16-8-7-14-22(23)24)25(28)20-12-5-2-6-13-20/h1-8,10-14,16-18,21H,9,15H2. The molecular weight excluding hydrogens is 346 g/mol. The zero-order valence-electron chi connectivity index (χ0n) is 15.5. The lowest BCUT2D eigenvalue weighted by molar-refractivity contribution is -0.107. The number of carbonyl (C=O) groups excluding carboxylic acids is 2. The van der Waals surface area contributed by atoms with Crippen molar-refractivity contribution in [2.45, 2.75) is 18.8 Å². The van der Waals surface area contributed by atoms with Crippen LogP contribution in [0.15, 0.2) is 91.1 Å². The molecule has 0 aliphatic carbocycles. The van der Waals surface area contributed by atoms with Crippen LogP contribution in [0, 0.1) is 0 Å². The molecule has 3 aromatic carbocycles. The molecule has 1 aromatic heterocycles. The lowest BCUT2D eigenvalue weighted by atomic mass is 9.87. The van der Waals surface area contributed by atoms with Gasteiger partial charge in [-0.05, 0) is 35.7 Å². The zero-order chi connectivity index (χ0) is 19.3. The largest absolute Gasteiger partial charge is 0.303 e. The predicted molar refractivity (Wildman–Crippen MR) is 112 cm³/mol. The Morgan fingerprint density at radius 1 is 0.857 bits per heavy atom. The lowest BCUT2D eigenvalue weighted by Crippen LogP contribution is -2.10. The highest BCUT2D eigenvalue weighted by molar-refractivity contribution is 6.03. The fraction of sp³-hybridized carbons (Fsp3) is 0.120. The molecule has 138 valence electrons. The van der Waals surface area contributed by atoms with Crippen LogP contribution in [-0.2, 0) is 4.79 Å². The molecule has 0 spiro atoms. The topological polar surface area (TPSA) is 39.1 Å². The van der Waals surface area contributed by atoms with E-state index in [2.05, 4.69) is 18.2 Å². The van der Waals surface area contributed by atoms with E-state index in [1.165, 1.54) is 0 Å². The van der Waals surface area contributed by atoms with Crippen LogP contribution < -0.4 is 0 Å². The van der Waals surface area contributed by atoms with Crippen LogP contribution >= 0.6 is 0 Å². The third kappa shape index (κ3) is 3.39. The number of carbonyl (C=O) groups is 2. The van der Waals surface area contributed by atoms with Gasteiger partial charge in [-0.25, -0.2) is 0 Å². The molecule has 0 saturated heterocycles. The highest BCUT2D eigenvalue weighted by atomic mass is 16.2. The minimum atomic E-state index is -0.0507. The monoisotopic (exact) mass is 367 g/mol. The lowest BCUT2D eigenvalue weighted by Gasteiger charge is -2.16. The van der Waals surface area contributed by atoms with Crippen LogP contribution in [0.25, 0.3) is 10.9 Å². The van der Waals surface area contributed by atoms with Gasteiger partial charge in [-0.3, -0.25) is 9.36 Å². The molecule has 1 atom stereocenters. The van der Waals surface area contributed by atoms with Gasteiger partial charge >= 0.3 is 0 Å². The van der Waals surface area contributed by atoms with Gasteiger partial charge in [0.1, 0.15) is 6.29 Å². The van der Waals surface area contributed by atoms with Gasteiger partial charge in [0.05, 0.1) is 5.52 Å². The number of aromatic nitrogens is 1. The first-order valence-corrected chi connectivity index (χ1v) is 9.48. The van der Waals surface area contributed by atoms with Gasteiger partial charge in [-0.2, -0.15) is 0 Å². The Morgan fingerprint density at radius 2 is 1.50 bits per heavy atom. The van der Waals surface area contributed by atoms with Gasteiger partial charge < -0.3 is 4.79 Å². The number of rotatable bonds is 6. The minimum absolute atomic E-state index is 0.0507. The van der Waals surface area contributed by atoms with Crippen molar-refractivity contribution in [3.63, 3.8) is 0 Å². The van der Waals surface area contributed by atoms with E-state index < -0.39 is 0 Å². The van der Waals surface area contributed by atoms with Gasteiger partial charge in [-0.15, -0.1) is 0 Å². The van der Waals surface area contributed by atoms with Crippen LogP contribution in [-0.4, -0.2) is 16.8 Å². The van der Waals surface area contributed by atoms with E-state index >= 15 is 0 Å². The molecule has 0 radical (unpaired) electrons. The summed E-state index contributed by atoms with van der Waals surface area (Å²) >= 11 is 0.